The Morgan fingerprint density at radius 3 is 2.25 bits per heavy atom. The predicted octanol–water partition coefficient (Wildman–Crippen LogP) is 5.97. The second kappa shape index (κ2) is 10.3. The number of hydrogen-bond acceptors (Lipinski definition) is 3. The number of benzene rings is 2. The van der Waals surface area contributed by atoms with Gasteiger partial charge in [0.15, 0.2) is 5.78 Å². The van der Waals surface area contributed by atoms with Crippen LogP contribution in [0.5, 0.6) is 0 Å². The fourth-order valence-corrected chi connectivity index (χ4v) is 2.91. The summed E-state index contributed by atoms with van der Waals surface area (Å²) in [6.45, 7) is 11.3. The molecule has 4 heteroatoms. The molecule has 1 aromatic heterocycles. The summed E-state index contributed by atoms with van der Waals surface area (Å²) in [6, 6.07) is 14.3. The van der Waals surface area contributed by atoms with E-state index in [9.17, 15) is 4.79 Å². The van der Waals surface area contributed by atoms with E-state index >= 15 is 0 Å². The molecule has 0 atom stereocenters. The van der Waals surface area contributed by atoms with E-state index in [1.54, 1.807) is 0 Å². The third-order valence-corrected chi connectivity index (χ3v) is 4.19. The van der Waals surface area contributed by atoms with Gasteiger partial charge in [-0.1, -0.05) is 37.6 Å². The number of aromatic nitrogens is 1. The number of hydrogen-bond donors (Lipinski definition) is 1. The number of aliphatic hydroxyl groups is 1. The fraction of sp³-hybridized carbons (Fsp3) is 0.250. The Morgan fingerprint density at radius 1 is 1.00 bits per heavy atom. The number of carbonyl (C=O) groups is 1. The minimum Gasteiger partial charge on any atom is -0.512 e. The van der Waals surface area contributed by atoms with Crippen LogP contribution in [-0.2, 0) is 24.9 Å². The van der Waals surface area contributed by atoms with Crippen LogP contribution in [-0.4, -0.2) is 15.9 Å². The summed E-state index contributed by atoms with van der Waals surface area (Å²) >= 11 is 0. The SMILES string of the molecule is CC(=O)/C=C(/C)O.Cc1[c-]c(-c2ncc(C)c3ccc(C)cc23)c(C)cc1.[Ir]. The van der Waals surface area contributed by atoms with Crippen molar-refractivity contribution in [3.63, 3.8) is 0 Å². The van der Waals surface area contributed by atoms with Crippen LogP contribution in [0.25, 0.3) is 22.0 Å². The molecule has 1 heterocycles. The van der Waals surface area contributed by atoms with Crippen LogP contribution in [0, 0.1) is 33.8 Å². The van der Waals surface area contributed by atoms with E-state index in [0.717, 1.165) is 16.8 Å². The Hall–Kier alpha value is -2.29. The first kappa shape index (κ1) is 23.7. The van der Waals surface area contributed by atoms with Gasteiger partial charge >= 0.3 is 0 Å². The minimum atomic E-state index is -0.125. The summed E-state index contributed by atoms with van der Waals surface area (Å²) in [5.41, 5.74) is 6.99. The summed E-state index contributed by atoms with van der Waals surface area (Å²) in [6.07, 6.45) is 3.13. The number of carbonyl (C=O) groups excluding carboxylic acids is 1. The van der Waals surface area contributed by atoms with Crippen LogP contribution in [0.3, 0.4) is 0 Å². The molecule has 149 valence electrons. The zero-order chi connectivity index (χ0) is 20.1. The largest absolute Gasteiger partial charge is 0.512 e. The normalized spacial score (nSPS) is 10.7. The molecule has 2 aromatic carbocycles. The van der Waals surface area contributed by atoms with Gasteiger partial charge in [-0.3, -0.25) is 4.79 Å². The van der Waals surface area contributed by atoms with Crippen molar-refractivity contribution in [2.24, 2.45) is 0 Å². The molecule has 0 unspecified atom stereocenters. The summed E-state index contributed by atoms with van der Waals surface area (Å²) in [5.74, 6) is -0.0625. The molecule has 0 bridgehead atoms. The second-order valence-corrected chi connectivity index (χ2v) is 6.93. The number of rotatable bonds is 2. The quantitative estimate of drug-likeness (QED) is 0.242. The van der Waals surface area contributed by atoms with Crippen molar-refractivity contribution >= 4 is 16.6 Å². The molecule has 3 rings (SSSR count). The third kappa shape index (κ3) is 6.12. The van der Waals surface area contributed by atoms with E-state index in [4.69, 9.17) is 5.11 Å². The Morgan fingerprint density at radius 2 is 1.68 bits per heavy atom. The van der Waals surface area contributed by atoms with Crippen molar-refractivity contribution in [1.29, 1.82) is 0 Å². The maximum Gasteiger partial charge on any atom is 0.155 e. The van der Waals surface area contributed by atoms with Gasteiger partial charge in [-0.15, -0.1) is 34.9 Å². The smallest absolute Gasteiger partial charge is 0.155 e. The van der Waals surface area contributed by atoms with Gasteiger partial charge in [0, 0.05) is 32.4 Å². The zero-order valence-electron chi connectivity index (χ0n) is 17.2. The maximum atomic E-state index is 10.0. The van der Waals surface area contributed by atoms with Gasteiger partial charge in [-0.2, -0.15) is 0 Å². The number of fused-ring (bicyclic) bond motifs is 1. The van der Waals surface area contributed by atoms with E-state index in [-0.39, 0.29) is 31.6 Å². The molecule has 3 nitrogen and oxygen atoms in total. The summed E-state index contributed by atoms with van der Waals surface area (Å²) in [4.78, 5) is 14.7. The van der Waals surface area contributed by atoms with Gasteiger partial charge in [0.25, 0.3) is 0 Å². The number of aliphatic hydroxyl groups excluding tert-OH is 1. The zero-order valence-corrected chi connectivity index (χ0v) is 19.6. The van der Waals surface area contributed by atoms with Crippen LogP contribution in [0.1, 0.15) is 36.1 Å². The van der Waals surface area contributed by atoms with Crippen molar-refractivity contribution in [1.82, 2.24) is 4.98 Å². The number of nitrogens with zero attached hydrogens (tertiary/aromatic N) is 1. The van der Waals surface area contributed by atoms with E-state index in [1.807, 2.05) is 6.20 Å². The average molecular weight is 553 g/mol. The minimum absolute atomic E-state index is 0. The maximum absolute atomic E-state index is 10.0. The monoisotopic (exact) mass is 553 g/mol. The molecule has 0 spiro atoms. The molecule has 0 aliphatic heterocycles. The Labute approximate surface area is 180 Å². The van der Waals surface area contributed by atoms with Crippen LogP contribution in [0.4, 0.5) is 0 Å². The van der Waals surface area contributed by atoms with Gasteiger partial charge in [-0.25, -0.2) is 0 Å². The van der Waals surface area contributed by atoms with Crippen molar-refractivity contribution in [3.8, 4) is 11.3 Å². The van der Waals surface area contributed by atoms with E-state index < -0.39 is 0 Å². The molecule has 0 saturated heterocycles. The summed E-state index contributed by atoms with van der Waals surface area (Å²) in [7, 11) is 0. The van der Waals surface area contributed by atoms with Gasteiger partial charge in [0.1, 0.15) is 0 Å². The van der Waals surface area contributed by atoms with Crippen molar-refractivity contribution in [2.45, 2.75) is 41.5 Å². The Kier molecular flexibility index (Phi) is 8.74. The number of pyridine rings is 1. The van der Waals surface area contributed by atoms with Crippen molar-refractivity contribution in [3.05, 3.63) is 76.7 Å². The molecule has 3 aromatic rings. The van der Waals surface area contributed by atoms with Crippen molar-refractivity contribution in [2.75, 3.05) is 0 Å². The van der Waals surface area contributed by atoms with Crippen molar-refractivity contribution < 1.29 is 30.0 Å². The van der Waals surface area contributed by atoms with Gasteiger partial charge in [0.2, 0.25) is 0 Å². The van der Waals surface area contributed by atoms with Crippen LogP contribution >= 0.6 is 0 Å². The number of ketones is 1. The number of allylic oxidation sites excluding steroid dienone is 2. The summed E-state index contributed by atoms with van der Waals surface area (Å²) in [5, 5.41) is 10.9. The Balaban J connectivity index is 0.000000425. The molecule has 1 radical (unpaired) electrons. The molecule has 1 N–H and O–H groups in total. The molecule has 28 heavy (non-hydrogen) atoms. The predicted molar refractivity (Wildman–Crippen MR) is 112 cm³/mol. The first-order valence-electron chi connectivity index (χ1n) is 8.92. The molecule has 0 saturated carbocycles. The molecular weight excluding hydrogens is 526 g/mol. The third-order valence-electron chi connectivity index (χ3n) is 4.19. The van der Waals surface area contributed by atoms with E-state index in [2.05, 4.69) is 69.1 Å². The van der Waals surface area contributed by atoms with Gasteiger partial charge < -0.3 is 10.1 Å². The topological polar surface area (TPSA) is 50.2 Å². The van der Waals surface area contributed by atoms with Crippen LogP contribution < -0.4 is 0 Å². The Bertz CT molecular complexity index is 1020. The molecule has 0 aliphatic carbocycles. The average Bonchev–Trinajstić information content (AvgIpc) is 2.57. The van der Waals surface area contributed by atoms with Crippen LogP contribution in [0.2, 0.25) is 0 Å². The molecule has 0 aliphatic rings. The fourth-order valence-electron chi connectivity index (χ4n) is 2.91. The molecular formula is C24H26IrNO2-. The van der Waals surface area contributed by atoms with Crippen LogP contribution in [0.15, 0.2) is 48.4 Å². The van der Waals surface area contributed by atoms with Gasteiger partial charge in [-0.05, 0) is 49.7 Å². The molecule has 0 amide bonds. The van der Waals surface area contributed by atoms with E-state index in [1.165, 1.54) is 47.4 Å². The molecule has 0 fully saturated rings. The first-order valence-corrected chi connectivity index (χ1v) is 8.92. The second-order valence-electron chi connectivity index (χ2n) is 6.93. The first-order chi connectivity index (χ1) is 12.7. The van der Waals surface area contributed by atoms with Gasteiger partial charge in [0.05, 0.1) is 5.76 Å². The number of aryl methyl sites for hydroxylation is 4. The van der Waals surface area contributed by atoms with E-state index in [0.29, 0.717) is 0 Å². The summed E-state index contributed by atoms with van der Waals surface area (Å²) < 4.78 is 0. The standard InChI is InChI=1S/C19H18N.C5H8O2.Ir/c1-12-5-7-14(3)17(9-12)19-18-10-13(2)6-8-16(18)15(4)11-20-19;1-4(6)3-5(2)7;/h5-8,10-11H,1-4H3;3,6H,1-2H3;/q-1;;/b;4-3-;.